The highest BCUT2D eigenvalue weighted by Crippen LogP contribution is 2.26. The number of benzene rings is 3. The highest BCUT2D eigenvalue weighted by molar-refractivity contribution is 5.33. The smallest absolute Gasteiger partial charge is 0.127 e. The summed E-state index contributed by atoms with van der Waals surface area (Å²) in [7, 11) is 0. The molecule has 0 unspecified atom stereocenters. The Kier molecular flexibility index (Phi) is 7.45. The van der Waals surface area contributed by atoms with Crippen molar-refractivity contribution in [1.82, 2.24) is 0 Å². The van der Waals surface area contributed by atoms with Crippen LogP contribution in [0.5, 0.6) is 11.5 Å². The summed E-state index contributed by atoms with van der Waals surface area (Å²) >= 11 is 0. The molecule has 3 rings (SSSR count). The number of hydrogen-bond donors (Lipinski definition) is 0. The highest BCUT2D eigenvalue weighted by atomic mass is 16.5. The minimum Gasteiger partial charge on any atom is -0.457 e. The summed E-state index contributed by atoms with van der Waals surface area (Å²) in [5.74, 6) is 1.65. The Morgan fingerprint density at radius 3 is 2.10 bits per heavy atom. The topological polar surface area (TPSA) is 27.7 Å². The first-order valence-electron chi connectivity index (χ1n) is 10.1. The van der Waals surface area contributed by atoms with E-state index in [0.29, 0.717) is 19.8 Å². The van der Waals surface area contributed by atoms with Crippen molar-refractivity contribution < 1.29 is 14.2 Å². The van der Waals surface area contributed by atoms with Crippen molar-refractivity contribution in [3.8, 4) is 11.5 Å². The van der Waals surface area contributed by atoms with Crippen molar-refractivity contribution in [2.24, 2.45) is 0 Å². The van der Waals surface area contributed by atoms with Crippen LogP contribution in [0.15, 0.2) is 78.9 Å². The largest absolute Gasteiger partial charge is 0.457 e. The molecule has 3 aromatic rings. The van der Waals surface area contributed by atoms with Gasteiger partial charge in [-0.2, -0.15) is 0 Å². The van der Waals surface area contributed by atoms with Crippen molar-refractivity contribution in [1.29, 1.82) is 0 Å². The first-order chi connectivity index (χ1) is 14.1. The summed E-state index contributed by atoms with van der Waals surface area (Å²) in [5.41, 5.74) is 3.49. The SMILES string of the molecule is CCOCc1ccc(C(C)(C)COCc2cccc(Oc3ccccc3)c2)cc1. The molecule has 0 radical (unpaired) electrons. The lowest BCUT2D eigenvalue weighted by Crippen LogP contribution is -2.24. The van der Waals surface area contributed by atoms with Gasteiger partial charge in [-0.1, -0.05) is 68.4 Å². The second kappa shape index (κ2) is 10.2. The van der Waals surface area contributed by atoms with Gasteiger partial charge in [0.1, 0.15) is 11.5 Å². The Labute approximate surface area is 174 Å². The monoisotopic (exact) mass is 390 g/mol. The summed E-state index contributed by atoms with van der Waals surface area (Å²) < 4.78 is 17.4. The molecule has 0 aliphatic heterocycles. The van der Waals surface area contributed by atoms with Crippen molar-refractivity contribution in [2.75, 3.05) is 13.2 Å². The Morgan fingerprint density at radius 2 is 1.38 bits per heavy atom. The zero-order valence-corrected chi connectivity index (χ0v) is 17.6. The lowest BCUT2D eigenvalue weighted by molar-refractivity contribution is 0.0823. The molecule has 0 amide bonds. The fourth-order valence-electron chi connectivity index (χ4n) is 3.10. The maximum Gasteiger partial charge on any atom is 0.127 e. The van der Waals surface area contributed by atoms with E-state index in [-0.39, 0.29) is 5.41 Å². The fourth-order valence-corrected chi connectivity index (χ4v) is 3.10. The van der Waals surface area contributed by atoms with E-state index < -0.39 is 0 Å². The van der Waals surface area contributed by atoms with Gasteiger partial charge < -0.3 is 14.2 Å². The van der Waals surface area contributed by atoms with Crippen LogP contribution in [0.3, 0.4) is 0 Å². The Balaban J connectivity index is 1.54. The van der Waals surface area contributed by atoms with Crippen LogP contribution in [-0.2, 0) is 28.1 Å². The van der Waals surface area contributed by atoms with Crippen LogP contribution in [0, 0.1) is 0 Å². The summed E-state index contributed by atoms with van der Waals surface area (Å²) in [6.45, 7) is 9.02. The molecule has 29 heavy (non-hydrogen) atoms. The minimum absolute atomic E-state index is 0.0672. The number of hydrogen-bond acceptors (Lipinski definition) is 3. The van der Waals surface area contributed by atoms with E-state index in [1.54, 1.807) is 0 Å². The molecule has 3 nitrogen and oxygen atoms in total. The molecule has 3 heteroatoms. The van der Waals surface area contributed by atoms with Gasteiger partial charge in [0.2, 0.25) is 0 Å². The lowest BCUT2D eigenvalue weighted by Gasteiger charge is -2.25. The van der Waals surface area contributed by atoms with Gasteiger partial charge in [0.25, 0.3) is 0 Å². The van der Waals surface area contributed by atoms with Crippen LogP contribution in [0.25, 0.3) is 0 Å². The molecule has 0 saturated carbocycles. The number of ether oxygens (including phenoxy) is 3. The minimum atomic E-state index is -0.0672. The molecular formula is C26H30O3. The first-order valence-corrected chi connectivity index (χ1v) is 10.1. The van der Waals surface area contributed by atoms with Crippen LogP contribution in [0.4, 0.5) is 0 Å². The van der Waals surface area contributed by atoms with Gasteiger partial charge >= 0.3 is 0 Å². The standard InChI is InChI=1S/C26H30O3/c1-4-27-18-21-13-15-23(16-14-21)26(2,3)20-28-19-22-9-8-12-25(17-22)29-24-10-6-5-7-11-24/h5-17H,4,18-20H2,1-3H3. The maximum absolute atomic E-state index is 6.06. The van der Waals surface area contributed by atoms with Gasteiger partial charge in [0, 0.05) is 12.0 Å². The average molecular weight is 391 g/mol. The summed E-state index contributed by atoms with van der Waals surface area (Å²) in [6.07, 6.45) is 0. The molecule has 152 valence electrons. The van der Waals surface area contributed by atoms with E-state index in [4.69, 9.17) is 14.2 Å². The van der Waals surface area contributed by atoms with Crippen LogP contribution >= 0.6 is 0 Å². The van der Waals surface area contributed by atoms with Gasteiger partial charge in [-0.25, -0.2) is 0 Å². The molecule has 0 bridgehead atoms. The van der Waals surface area contributed by atoms with Crippen LogP contribution in [-0.4, -0.2) is 13.2 Å². The Bertz CT molecular complexity index is 870. The normalized spacial score (nSPS) is 11.4. The number of rotatable bonds is 10. The van der Waals surface area contributed by atoms with Gasteiger partial charge in [0.05, 0.1) is 19.8 Å². The van der Waals surface area contributed by atoms with Gasteiger partial charge in [-0.3, -0.25) is 0 Å². The third kappa shape index (κ3) is 6.45. The van der Waals surface area contributed by atoms with Gasteiger partial charge in [-0.15, -0.1) is 0 Å². The molecule has 0 spiro atoms. The predicted octanol–water partition coefficient (Wildman–Crippen LogP) is 6.51. The van der Waals surface area contributed by atoms with E-state index in [9.17, 15) is 0 Å². The molecule has 0 aliphatic carbocycles. The quantitative estimate of drug-likeness (QED) is 0.395. The zero-order chi connectivity index (χ0) is 20.5. The molecule has 0 aromatic heterocycles. The lowest BCUT2D eigenvalue weighted by atomic mass is 9.85. The average Bonchev–Trinajstić information content (AvgIpc) is 2.73. The van der Waals surface area contributed by atoms with Crippen LogP contribution < -0.4 is 4.74 Å². The van der Waals surface area contributed by atoms with E-state index >= 15 is 0 Å². The maximum atomic E-state index is 6.06. The summed E-state index contributed by atoms with van der Waals surface area (Å²) in [6, 6.07) is 26.5. The third-order valence-electron chi connectivity index (χ3n) is 4.82. The fraction of sp³-hybridized carbons (Fsp3) is 0.308. The highest BCUT2D eigenvalue weighted by Gasteiger charge is 2.21. The summed E-state index contributed by atoms with van der Waals surface area (Å²) in [5, 5.41) is 0. The molecule has 0 heterocycles. The molecular weight excluding hydrogens is 360 g/mol. The van der Waals surface area contributed by atoms with E-state index in [2.05, 4.69) is 44.2 Å². The third-order valence-corrected chi connectivity index (χ3v) is 4.82. The number of para-hydroxylation sites is 1. The first kappa shape index (κ1) is 21.1. The summed E-state index contributed by atoms with van der Waals surface area (Å²) in [4.78, 5) is 0. The predicted molar refractivity (Wildman–Crippen MR) is 117 cm³/mol. The molecule has 0 fully saturated rings. The van der Waals surface area contributed by atoms with Gasteiger partial charge in [-0.05, 0) is 47.9 Å². The molecule has 0 aliphatic rings. The Morgan fingerprint density at radius 1 is 0.690 bits per heavy atom. The van der Waals surface area contributed by atoms with E-state index in [0.717, 1.165) is 23.7 Å². The molecule has 3 aromatic carbocycles. The van der Waals surface area contributed by atoms with Crippen LogP contribution in [0.1, 0.15) is 37.5 Å². The Hall–Kier alpha value is -2.62. The second-order valence-electron chi connectivity index (χ2n) is 7.77. The van der Waals surface area contributed by atoms with Crippen molar-refractivity contribution in [3.63, 3.8) is 0 Å². The van der Waals surface area contributed by atoms with Crippen molar-refractivity contribution in [2.45, 2.75) is 39.4 Å². The van der Waals surface area contributed by atoms with Crippen LogP contribution in [0.2, 0.25) is 0 Å². The zero-order valence-electron chi connectivity index (χ0n) is 17.6. The van der Waals surface area contributed by atoms with E-state index in [1.807, 2.05) is 55.5 Å². The molecule has 0 atom stereocenters. The molecule has 0 saturated heterocycles. The molecule has 0 N–H and O–H groups in total. The second-order valence-corrected chi connectivity index (χ2v) is 7.77. The van der Waals surface area contributed by atoms with E-state index in [1.165, 1.54) is 11.1 Å². The van der Waals surface area contributed by atoms with Crippen molar-refractivity contribution >= 4 is 0 Å². The van der Waals surface area contributed by atoms with Crippen molar-refractivity contribution in [3.05, 3.63) is 95.6 Å². The van der Waals surface area contributed by atoms with Gasteiger partial charge in [0.15, 0.2) is 0 Å².